The zero-order valence-electron chi connectivity index (χ0n) is 11.5. The quantitative estimate of drug-likeness (QED) is 0.875. The fourth-order valence-electron chi connectivity index (χ4n) is 2.06. The molecule has 2 aromatic rings. The Balaban J connectivity index is 1.62. The second kappa shape index (κ2) is 5.67. The number of furan rings is 1. The van der Waals surface area contributed by atoms with E-state index in [2.05, 4.69) is 5.32 Å². The van der Waals surface area contributed by atoms with Gasteiger partial charge in [-0.1, -0.05) is 6.07 Å². The van der Waals surface area contributed by atoms with Crippen molar-refractivity contribution in [2.75, 3.05) is 0 Å². The van der Waals surface area contributed by atoms with Gasteiger partial charge in [-0.15, -0.1) is 0 Å². The van der Waals surface area contributed by atoms with E-state index in [0.717, 1.165) is 23.4 Å². The van der Waals surface area contributed by atoms with E-state index >= 15 is 0 Å². The molecule has 1 fully saturated rings. The summed E-state index contributed by atoms with van der Waals surface area (Å²) in [5.74, 6) is 0.668. The van der Waals surface area contributed by atoms with Gasteiger partial charge < -0.3 is 14.5 Å². The Morgan fingerprint density at radius 2 is 2.20 bits per heavy atom. The fourth-order valence-corrected chi connectivity index (χ4v) is 2.06. The van der Waals surface area contributed by atoms with Crippen molar-refractivity contribution in [2.45, 2.75) is 39.0 Å². The molecule has 0 aliphatic heterocycles. The number of halogens is 1. The number of nitrogens with one attached hydrogen (secondary N) is 1. The van der Waals surface area contributed by atoms with Crippen LogP contribution in [-0.4, -0.2) is 6.04 Å². The van der Waals surface area contributed by atoms with Crippen LogP contribution in [0.25, 0.3) is 0 Å². The van der Waals surface area contributed by atoms with Crippen molar-refractivity contribution < 1.29 is 13.5 Å². The van der Waals surface area contributed by atoms with Crippen LogP contribution in [-0.2, 0) is 13.2 Å². The van der Waals surface area contributed by atoms with Crippen molar-refractivity contribution in [2.24, 2.45) is 0 Å². The Hall–Kier alpha value is -1.81. The van der Waals surface area contributed by atoms with Gasteiger partial charge in [0.1, 0.15) is 12.4 Å². The minimum Gasteiger partial charge on any atom is -0.483 e. The lowest BCUT2D eigenvalue weighted by Gasteiger charge is -2.08. The maximum absolute atomic E-state index is 13.6. The summed E-state index contributed by atoms with van der Waals surface area (Å²) < 4.78 is 24.5. The van der Waals surface area contributed by atoms with Gasteiger partial charge in [-0.25, -0.2) is 4.39 Å². The Bertz CT molecular complexity index is 590. The van der Waals surface area contributed by atoms with Gasteiger partial charge in [0, 0.05) is 18.2 Å². The van der Waals surface area contributed by atoms with E-state index in [-0.39, 0.29) is 18.2 Å². The van der Waals surface area contributed by atoms with Crippen LogP contribution in [0.2, 0.25) is 0 Å². The monoisotopic (exact) mass is 275 g/mol. The van der Waals surface area contributed by atoms with E-state index in [1.165, 1.54) is 18.9 Å². The second-order valence-electron chi connectivity index (χ2n) is 5.25. The third kappa shape index (κ3) is 3.20. The zero-order valence-corrected chi connectivity index (χ0v) is 11.5. The fraction of sp³-hybridized carbons (Fsp3) is 0.375. The highest BCUT2D eigenvalue weighted by Gasteiger charge is 2.21. The number of hydrogen-bond acceptors (Lipinski definition) is 3. The molecular weight excluding hydrogens is 257 g/mol. The molecule has 1 aliphatic carbocycles. The van der Waals surface area contributed by atoms with Crippen molar-refractivity contribution in [1.82, 2.24) is 5.32 Å². The summed E-state index contributed by atoms with van der Waals surface area (Å²) in [5.41, 5.74) is 2.04. The molecule has 1 heterocycles. The Morgan fingerprint density at radius 3 is 3.00 bits per heavy atom. The highest BCUT2D eigenvalue weighted by molar-refractivity contribution is 5.29. The first-order chi connectivity index (χ1) is 9.72. The highest BCUT2D eigenvalue weighted by atomic mass is 19.1. The molecule has 106 valence electrons. The molecule has 3 rings (SSSR count). The standard InChI is InChI=1S/C16H18FNO2/c1-11-2-5-14(17)15(8-11)20-10-16-12(6-7-19-16)9-18-13-3-4-13/h2,5-8,13,18H,3-4,9-10H2,1H3. The molecule has 1 N–H and O–H groups in total. The predicted molar refractivity (Wildman–Crippen MR) is 74.0 cm³/mol. The van der Waals surface area contributed by atoms with E-state index in [4.69, 9.17) is 9.15 Å². The van der Waals surface area contributed by atoms with Crippen LogP contribution in [0.1, 0.15) is 29.7 Å². The van der Waals surface area contributed by atoms with Gasteiger partial charge >= 0.3 is 0 Å². The van der Waals surface area contributed by atoms with Crippen LogP contribution in [0, 0.1) is 12.7 Å². The van der Waals surface area contributed by atoms with Crippen LogP contribution in [0.4, 0.5) is 4.39 Å². The normalized spacial score (nSPS) is 14.5. The third-order valence-corrected chi connectivity index (χ3v) is 3.44. The van der Waals surface area contributed by atoms with Gasteiger partial charge in [-0.2, -0.15) is 0 Å². The maximum atomic E-state index is 13.6. The molecule has 1 saturated carbocycles. The first-order valence-corrected chi connectivity index (χ1v) is 6.90. The van der Waals surface area contributed by atoms with E-state index in [0.29, 0.717) is 6.04 Å². The molecule has 0 atom stereocenters. The van der Waals surface area contributed by atoms with Gasteiger partial charge in [0.2, 0.25) is 0 Å². The summed E-state index contributed by atoms with van der Waals surface area (Å²) in [6, 6.07) is 7.41. The highest BCUT2D eigenvalue weighted by Crippen LogP contribution is 2.22. The van der Waals surface area contributed by atoms with Gasteiger partial charge in [-0.05, 0) is 43.5 Å². The molecule has 0 unspecified atom stereocenters. The van der Waals surface area contributed by atoms with Crippen LogP contribution >= 0.6 is 0 Å². The second-order valence-corrected chi connectivity index (χ2v) is 5.25. The summed E-state index contributed by atoms with van der Waals surface area (Å²) in [6.07, 6.45) is 4.14. The Labute approximate surface area is 117 Å². The van der Waals surface area contributed by atoms with Crippen molar-refractivity contribution in [3.8, 4) is 5.75 Å². The zero-order chi connectivity index (χ0) is 13.9. The summed E-state index contributed by atoms with van der Waals surface area (Å²) in [6.45, 7) is 2.93. The molecule has 0 radical (unpaired) electrons. The lowest BCUT2D eigenvalue weighted by atomic mass is 10.2. The number of rotatable bonds is 6. The average molecular weight is 275 g/mol. The smallest absolute Gasteiger partial charge is 0.165 e. The summed E-state index contributed by atoms with van der Waals surface area (Å²) in [5, 5.41) is 3.43. The average Bonchev–Trinajstić information content (AvgIpc) is 3.16. The minimum absolute atomic E-state index is 0.245. The number of hydrogen-bond donors (Lipinski definition) is 1. The molecule has 1 aromatic heterocycles. The van der Waals surface area contributed by atoms with Crippen molar-refractivity contribution >= 4 is 0 Å². The van der Waals surface area contributed by atoms with E-state index < -0.39 is 0 Å². The Morgan fingerprint density at radius 1 is 1.35 bits per heavy atom. The molecule has 0 saturated heterocycles. The molecule has 0 amide bonds. The van der Waals surface area contributed by atoms with Crippen molar-refractivity contribution in [3.05, 3.63) is 53.2 Å². The largest absolute Gasteiger partial charge is 0.483 e. The molecule has 0 spiro atoms. The number of ether oxygens (including phenoxy) is 1. The number of benzene rings is 1. The van der Waals surface area contributed by atoms with E-state index in [1.807, 2.05) is 13.0 Å². The first-order valence-electron chi connectivity index (χ1n) is 6.90. The van der Waals surface area contributed by atoms with Crippen LogP contribution in [0.3, 0.4) is 0 Å². The minimum atomic E-state index is -0.347. The van der Waals surface area contributed by atoms with Crippen molar-refractivity contribution in [1.29, 1.82) is 0 Å². The molecule has 20 heavy (non-hydrogen) atoms. The third-order valence-electron chi connectivity index (χ3n) is 3.44. The van der Waals surface area contributed by atoms with Gasteiger partial charge in [0.15, 0.2) is 11.6 Å². The summed E-state index contributed by atoms with van der Waals surface area (Å²) >= 11 is 0. The summed E-state index contributed by atoms with van der Waals surface area (Å²) in [4.78, 5) is 0. The molecule has 3 nitrogen and oxygen atoms in total. The topological polar surface area (TPSA) is 34.4 Å². The van der Waals surface area contributed by atoms with E-state index in [9.17, 15) is 4.39 Å². The van der Waals surface area contributed by atoms with Crippen LogP contribution < -0.4 is 10.1 Å². The molecular formula is C16H18FNO2. The maximum Gasteiger partial charge on any atom is 0.165 e. The van der Waals surface area contributed by atoms with E-state index in [1.54, 1.807) is 18.4 Å². The van der Waals surface area contributed by atoms with Crippen molar-refractivity contribution in [3.63, 3.8) is 0 Å². The Kier molecular flexibility index (Phi) is 3.74. The van der Waals surface area contributed by atoms with Crippen LogP contribution in [0.15, 0.2) is 34.9 Å². The summed E-state index contributed by atoms with van der Waals surface area (Å²) in [7, 11) is 0. The van der Waals surface area contributed by atoms with Gasteiger partial charge in [-0.3, -0.25) is 0 Å². The molecule has 1 aromatic carbocycles. The SMILES string of the molecule is Cc1ccc(F)c(OCc2occc2CNC2CC2)c1. The lowest BCUT2D eigenvalue weighted by Crippen LogP contribution is -2.16. The molecule has 1 aliphatic rings. The molecule has 4 heteroatoms. The first kappa shape index (κ1) is 13.2. The number of aryl methyl sites for hydroxylation is 1. The lowest BCUT2D eigenvalue weighted by molar-refractivity contribution is 0.256. The molecule has 0 bridgehead atoms. The van der Waals surface area contributed by atoms with Gasteiger partial charge in [0.05, 0.1) is 6.26 Å². The predicted octanol–water partition coefficient (Wildman–Crippen LogP) is 3.56. The van der Waals surface area contributed by atoms with Crippen LogP contribution in [0.5, 0.6) is 5.75 Å². The van der Waals surface area contributed by atoms with Gasteiger partial charge in [0.25, 0.3) is 0 Å².